The normalized spacial score (nSPS) is 11.3. The van der Waals surface area contributed by atoms with Crippen molar-refractivity contribution < 1.29 is 17.9 Å². The molecule has 0 aliphatic heterocycles. The van der Waals surface area contributed by atoms with Crippen LogP contribution >= 0.6 is 11.6 Å². The molecule has 0 saturated carbocycles. The predicted octanol–water partition coefficient (Wildman–Crippen LogP) is 1.90. The summed E-state index contributed by atoms with van der Waals surface area (Å²) in [7, 11) is 1.31. The van der Waals surface area contributed by atoms with Crippen molar-refractivity contribution in [2.24, 2.45) is 0 Å². The van der Waals surface area contributed by atoms with E-state index in [0.717, 1.165) is 0 Å². The van der Waals surface area contributed by atoms with E-state index in [1.165, 1.54) is 7.11 Å². The molecule has 0 fully saturated rings. The van der Waals surface area contributed by atoms with Gasteiger partial charge in [-0.2, -0.15) is 28.1 Å². The summed E-state index contributed by atoms with van der Waals surface area (Å²) in [5.74, 6) is -0.0545. The number of aromatic nitrogens is 3. The van der Waals surface area contributed by atoms with Gasteiger partial charge in [0.2, 0.25) is 11.2 Å². The van der Waals surface area contributed by atoms with Crippen LogP contribution in [0, 0.1) is 0 Å². The van der Waals surface area contributed by atoms with Gasteiger partial charge < -0.3 is 10.1 Å². The highest BCUT2D eigenvalue weighted by atomic mass is 35.5. The molecule has 0 atom stereocenters. The van der Waals surface area contributed by atoms with Crippen LogP contribution < -0.4 is 10.1 Å². The lowest BCUT2D eigenvalue weighted by Gasteiger charge is -2.07. The van der Waals surface area contributed by atoms with Gasteiger partial charge in [-0.3, -0.25) is 0 Å². The number of halogens is 4. The largest absolute Gasteiger partial charge is 0.467 e. The zero-order valence-corrected chi connectivity index (χ0v) is 8.93. The van der Waals surface area contributed by atoms with Gasteiger partial charge in [0.05, 0.1) is 13.5 Å². The van der Waals surface area contributed by atoms with Crippen LogP contribution in [0.4, 0.5) is 19.1 Å². The molecular formula is C7H8ClF3N4O. The Labute approximate surface area is 94.0 Å². The Morgan fingerprint density at radius 2 is 2.00 bits per heavy atom. The number of anilines is 1. The molecule has 1 N–H and O–H groups in total. The van der Waals surface area contributed by atoms with Crippen LogP contribution in [0.3, 0.4) is 0 Å². The topological polar surface area (TPSA) is 59.9 Å². The molecule has 0 aliphatic carbocycles. The first-order chi connectivity index (χ1) is 7.40. The predicted molar refractivity (Wildman–Crippen MR) is 50.6 cm³/mol. The monoisotopic (exact) mass is 256 g/mol. The lowest BCUT2D eigenvalue weighted by atomic mass is 10.4. The minimum atomic E-state index is -4.23. The summed E-state index contributed by atoms with van der Waals surface area (Å²) >= 11 is 5.49. The van der Waals surface area contributed by atoms with Crippen LogP contribution in [-0.2, 0) is 0 Å². The molecule has 0 saturated heterocycles. The van der Waals surface area contributed by atoms with E-state index in [0.29, 0.717) is 0 Å². The second-order valence-corrected chi connectivity index (χ2v) is 3.04. The number of nitrogens with one attached hydrogen (secondary N) is 1. The first-order valence-corrected chi connectivity index (χ1v) is 4.55. The van der Waals surface area contributed by atoms with Crippen LogP contribution in [0.15, 0.2) is 0 Å². The van der Waals surface area contributed by atoms with E-state index in [-0.39, 0.29) is 23.8 Å². The molecule has 5 nitrogen and oxygen atoms in total. The van der Waals surface area contributed by atoms with Crippen LogP contribution in [-0.4, -0.2) is 34.8 Å². The van der Waals surface area contributed by atoms with Crippen molar-refractivity contribution in [3.05, 3.63) is 5.28 Å². The second kappa shape index (κ2) is 5.15. The van der Waals surface area contributed by atoms with Crippen LogP contribution in [0.1, 0.15) is 6.42 Å². The fourth-order valence-electron chi connectivity index (χ4n) is 0.818. The average molecular weight is 257 g/mol. The number of rotatable bonds is 4. The van der Waals surface area contributed by atoms with E-state index >= 15 is 0 Å². The fraction of sp³-hybridized carbons (Fsp3) is 0.571. The summed E-state index contributed by atoms with van der Waals surface area (Å²) in [6.07, 6.45) is -5.22. The SMILES string of the molecule is COc1nc(Cl)nc(NCCC(F)(F)F)n1. The fourth-order valence-corrected chi connectivity index (χ4v) is 0.971. The Balaban J connectivity index is 2.57. The molecule has 9 heteroatoms. The molecule has 1 aromatic rings. The maximum Gasteiger partial charge on any atom is 0.390 e. The van der Waals surface area contributed by atoms with Crippen molar-refractivity contribution >= 4 is 17.5 Å². The maximum atomic E-state index is 11.8. The van der Waals surface area contributed by atoms with E-state index in [1.807, 2.05) is 0 Å². The number of alkyl halides is 3. The van der Waals surface area contributed by atoms with Gasteiger partial charge >= 0.3 is 12.2 Å². The molecule has 1 aromatic heterocycles. The van der Waals surface area contributed by atoms with Gasteiger partial charge in [-0.05, 0) is 11.6 Å². The standard InChI is InChI=1S/C7H8ClF3N4O/c1-16-6-14-4(8)13-5(15-6)12-3-2-7(9,10)11/h2-3H2,1H3,(H,12,13,14,15). The van der Waals surface area contributed by atoms with E-state index in [4.69, 9.17) is 11.6 Å². The second-order valence-electron chi connectivity index (χ2n) is 2.71. The molecule has 90 valence electrons. The molecule has 0 unspecified atom stereocenters. The number of methoxy groups -OCH3 is 1. The van der Waals surface area contributed by atoms with Gasteiger partial charge in [0.15, 0.2) is 0 Å². The quantitative estimate of drug-likeness (QED) is 0.892. The molecule has 1 rings (SSSR count). The Morgan fingerprint density at radius 1 is 1.31 bits per heavy atom. The number of hydrogen-bond acceptors (Lipinski definition) is 5. The molecule has 0 amide bonds. The van der Waals surface area contributed by atoms with Crippen LogP contribution in [0.5, 0.6) is 6.01 Å². The summed E-state index contributed by atoms with van der Waals surface area (Å²) in [5, 5.41) is 2.22. The zero-order chi connectivity index (χ0) is 12.2. The average Bonchev–Trinajstić information content (AvgIpc) is 2.14. The summed E-state index contributed by atoms with van der Waals surface area (Å²) in [5.41, 5.74) is 0. The molecule has 0 spiro atoms. The number of hydrogen-bond donors (Lipinski definition) is 1. The first kappa shape index (κ1) is 12.8. The molecular weight excluding hydrogens is 249 g/mol. The number of ether oxygens (including phenoxy) is 1. The molecule has 16 heavy (non-hydrogen) atoms. The number of nitrogens with zero attached hydrogens (tertiary/aromatic N) is 3. The maximum absolute atomic E-state index is 11.8. The van der Waals surface area contributed by atoms with Crippen molar-refractivity contribution in [1.29, 1.82) is 0 Å². The summed E-state index contributed by atoms with van der Waals surface area (Å²) < 4.78 is 40.2. The molecule has 0 aromatic carbocycles. The highest BCUT2D eigenvalue weighted by Crippen LogP contribution is 2.19. The Kier molecular flexibility index (Phi) is 4.11. The lowest BCUT2D eigenvalue weighted by molar-refractivity contribution is -0.131. The zero-order valence-electron chi connectivity index (χ0n) is 8.18. The molecule has 0 bridgehead atoms. The highest BCUT2D eigenvalue weighted by molar-refractivity contribution is 6.28. The summed E-state index contributed by atoms with van der Waals surface area (Å²) in [6, 6.07) is -0.0606. The van der Waals surface area contributed by atoms with Crippen molar-refractivity contribution in [3.63, 3.8) is 0 Å². The highest BCUT2D eigenvalue weighted by Gasteiger charge is 2.26. The third-order valence-electron chi connectivity index (χ3n) is 1.46. The summed E-state index contributed by atoms with van der Waals surface area (Å²) in [4.78, 5) is 10.8. The van der Waals surface area contributed by atoms with Crippen molar-refractivity contribution in [2.45, 2.75) is 12.6 Å². The summed E-state index contributed by atoms with van der Waals surface area (Å²) in [6.45, 7) is -0.340. The van der Waals surface area contributed by atoms with Gasteiger partial charge in [-0.15, -0.1) is 0 Å². The van der Waals surface area contributed by atoms with E-state index < -0.39 is 12.6 Å². The van der Waals surface area contributed by atoms with E-state index in [9.17, 15) is 13.2 Å². The van der Waals surface area contributed by atoms with Crippen molar-refractivity contribution in [3.8, 4) is 6.01 Å². The van der Waals surface area contributed by atoms with Gasteiger partial charge in [-0.1, -0.05) is 0 Å². The van der Waals surface area contributed by atoms with Crippen LogP contribution in [0.2, 0.25) is 5.28 Å². The minimum absolute atomic E-state index is 0.0545. The third-order valence-corrected chi connectivity index (χ3v) is 1.63. The Hall–Kier alpha value is -1.31. The van der Waals surface area contributed by atoms with Gasteiger partial charge in [0.1, 0.15) is 0 Å². The Bertz CT molecular complexity index is 360. The third kappa shape index (κ3) is 4.47. The minimum Gasteiger partial charge on any atom is -0.467 e. The smallest absolute Gasteiger partial charge is 0.390 e. The van der Waals surface area contributed by atoms with E-state index in [2.05, 4.69) is 25.0 Å². The molecule has 0 radical (unpaired) electrons. The lowest BCUT2D eigenvalue weighted by Crippen LogP contribution is -2.16. The van der Waals surface area contributed by atoms with Crippen LogP contribution in [0.25, 0.3) is 0 Å². The van der Waals surface area contributed by atoms with Gasteiger partial charge in [0.25, 0.3) is 0 Å². The van der Waals surface area contributed by atoms with E-state index in [1.54, 1.807) is 0 Å². The Morgan fingerprint density at radius 3 is 2.56 bits per heavy atom. The van der Waals surface area contributed by atoms with Gasteiger partial charge in [0, 0.05) is 6.54 Å². The van der Waals surface area contributed by atoms with Crippen molar-refractivity contribution in [1.82, 2.24) is 15.0 Å². The molecule has 1 heterocycles. The first-order valence-electron chi connectivity index (χ1n) is 4.17. The van der Waals surface area contributed by atoms with Crippen molar-refractivity contribution in [2.75, 3.05) is 19.0 Å². The molecule has 0 aliphatic rings. The van der Waals surface area contributed by atoms with Gasteiger partial charge in [-0.25, -0.2) is 0 Å².